The third kappa shape index (κ3) is 6.27. The van der Waals surface area contributed by atoms with Crippen molar-refractivity contribution in [3.63, 3.8) is 0 Å². The zero-order valence-corrected chi connectivity index (χ0v) is 11.7. The van der Waals surface area contributed by atoms with Gasteiger partial charge in [0.15, 0.2) is 0 Å². The first kappa shape index (κ1) is 16.5. The van der Waals surface area contributed by atoms with Gasteiger partial charge in [-0.3, -0.25) is 4.79 Å². The molecule has 0 aliphatic heterocycles. The Hall–Kier alpha value is -1.52. The second-order valence-corrected chi connectivity index (χ2v) is 5.35. The summed E-state index contributed by atoms with van der Waals surface area (Å²) in [6, 6.07) is -0.358. The van der Waals surface area contributed by atoms with E-state index in [-0.39, 0.29) is 24.0 Å². The van der Waals surface area contributed by atoms with Crippen LogP contribution in [0.1, 0.15) is 40.5 Å². The lowest BCUT2D eigenvalue weighted by atomic mass is 10.1. The first-order valence-corrected chi connectivity index (χ1v) is 6.09. The van der Waals surface area contributed by atoms with Gasteiger partial charge in [-0.1, -0.05) is 6.08 Å². The molecule has 0 aromatic heterocycles. The van der Waals surface area contributed by atoms with E-state index in [1.54, 1.807) is 17.9 Å². The molecular formula is C13H24N2O3. The number of nitrogens with zero attached hydrogens (tertiary/aromatic N) is 1. The minimum Gasteiger partial charge on any atom is -0.481 e. The number of nitrogens with one attached hydrogen (secondary N) is 1. The van der Waals surface area contributed by atoms with Crippen LogP contribution >= 0.6 is 0 Å². The molecule has 104 valence electrons. The van der Waals surface area contributed by atoms with Crippen molar-refractivity contribution in [1.82, 2.24) is 10.2 Å². The molecule has 0 saturated heterocycles. The number of carboxylic acids is 1. The lowest BCUT2D eigenvalue weighted by Gasteiger charge is -2.35. The number of carbonyl (C=O) groups is 2. The average Bonchev–Trinajstić information content (AvgIpc) is 2.21. The third-order valence-electron chi connectivity index (χ3n) is 2.53. The third-order valence-corrected chi connectivity index (χ3v) is 2.53. The van der Waals surface area contributed by atoms with E-state index in [4.69, 9.17) is 5.11 Å². The first-order valence-electron chi connectivity index (χ1n) is 6.09. The van der Waals surface area contributed by atoms with Gasteiger partial charge in [0.05, 0.1) is 0 Å². The van der Waals surface area contributed by atoms with Gasteiger partial charge in [-0.25, -0.2) is 4.79 Å². The van der Waals surface area contributed by atoms with E-state index in [1.165, 1.54) is 0 Å². The van der Waals surface area contributed by atoms with Gasteiger partial charge >= 0.3 is 12.0 Å². The highest BCUT2D eigenvalue weighted by Crippen LogP contribution is 2.13. The van der Waals surface area contributed by atoms with Crippen molar-refractivity contribution >= 4 is 12.0 Å². The lowest BCUT2D eigenvalue weighted by molar-refractivity contribution is -0.137. The fourth-order valence-corrected chi connectivity index (χ4v) is 1.49. The van der Waals surface area contributed by atoms with E-state index >= 15 is 0 Å². The van der Waals surface area contributed by atoms with Crippen LogP contribution in [0.2, 0.25) is 0 Å². The molecule has 0 aliphatic rings. The van der Waals surface area contributed by atoms with Gasteiger partial charge < -0.3 is 15.3 Å². The summed E-state index contributed by atoms with van der Waals surface area (Å²) in [6.45, 7) is 11.7. The van der Waals surface area contributed by atoms with Gasteiger partial charge in [0.25, 0.3) is 0 Å². The monoisotopic (exact) mass is 256 g/mol. The summed E-state index contributed by atoms with van der Waals surface area (Å²) in [7, 11) is 0. The molecule has 1 unspecified atom stereocenters. The van der Waals surface area contributed by atoms with E-state index in [1.807, 2.05) is 20.8 Å². The maximum atomic E-state index is 12.1. The van der Waals surface area contributed by atoms with E-state index < -0.39 is 5.97 Å². The Morgan fingerprint density at radius 2 is 2.00 bits per heavy atom. The summed E-state index contributed by atoms with van der Waals surface area (Å²) >= 11 is 0. The molecule has 0 aromatic rings. The largest absolute Gasteiger partial charge is 0.481 e. The maximum absolute atomic E-state index is 12.1. The number of carboxylic acid groups (broad SMARTS) is 1. The second kappa shape index (κ2) is 7.03. The van der Waals surface area contributed by atoms with Gasteiger partial charge in [-0.05, 0) is 34.1 Å². The molecule has 0 aliphatic carbocycles. The average molecular weight is 256 g/mol. The van der Waals surface area contributed by atoms with Crippen molar-refractivity contribution in [2.24, 2.45) is 0 Å². The topological polar surface area (TPSA) is 69.6 Å². The maximum Gasteiger partial charge on any atom is 0.318 e. The van der Waals surface area contributed by atoms with Crippen LogP contribution in [0.25, 0.3) is 0 Å². The fraction of sp³-hybridized carbons (Fsp3) is 0.692. The Bertz CT molecular complexity index is 308. The van der Waals surface area contributed by atoms with Crippen molar-refractivity contribution in [2.45, 2.75) is 52.1 Å². The van der Waals surface area contributed by atoms with Crippen LogP contribution in [0.15, 0.2) is 12.7 Å². The van der Waals surface area contributed by atoms with E-state index in [9.17, 15) is 9.59 Å². The van der Waals surface area contributed by atoms with Gasteiger partial charge in [-0.15, -0.1) is 6.58 Å². The Labute approximate surface area is 109 Å². The molecule has 0 fully saturated rings. The molecule has 2 N–H and O–H groups in total. The van der Waals surface area contributed by atoms with Crippen molar-refractivity contribution in [1.29, 1.82) is 0 Å². The summed E-state index contributed by atoms with van der Waals surface area (Å²) in [5.41, 5.74) is -0.301. The molecule has 0 heterocycles. The Morgan fingerprint density at radius 1 is 1.44 bits per heavy atom. The second-order valence-electron chi connectivity index (χ2n) is 5.35. The minimum absolute atomic E-state index is 0.0540. The molecule has 0 radical (unpaired) electrons. The summed E-state index contributed by atoms with van der Waals surface area (Å²) in [4.78, 5) is 24.2. The summed E-state index contributed by atoms with van der Waals surface area (Å²) in [6.07, 6.45) is 2.15. The molecule has 5 heteroatoms. The molecule has 0 bridgehead atoms. The van der Waals surface area contributed by atoms with Crippen LogP contribution in [0, 0.1) is 0 Å². The zero-order chi connectivity index (χ0) is 14.3. The van der Waals surface area contributed by atoms with Crippen molar-refractivity contribution < 1.29 is 14.7 Å². The van der Waals surface area contributed by atoms with Crippen molar-refractivity contribution in [2.75, 3.05) is 6.54 Å². The predicted octanol–water partition coefficient (Wildman–Crippen LogP) is 2.24. The minimum atomic E-state index is -0.852. The molecule has 18 heavy (non-hydrogen) atoms. The highest BCUT2D eigenvalue weighted by molar-refractivity contribution is 5.75. The fourth-order valence-electron chi connectivity index (χ4n) is 1.49. The molecule has 0 spiro atoms. The molecule has 0 rings (SSSR count). The van der Waals surface area contributed by atoms with Gasteiger partial charge in [-0.2, -0.15) is 0 Å². The van der Waals surface area contributed by atoms with Crippen LogP contribution in [0.5, 0.6) is 0 Å². The van der Waals surface area contributed by atoms with Crippen LogP contribution in [0.3, 0.4) is 0 Å². The number of hydrogen-bond acceptors (Lipinski definition) is 2. The highest BCUT2D eigenvalue weighted by atomic mass is 16.4. The first-order chi connectivity index (χ1) is 8.18. The quantitative estimate of drug-likeness (QED) is 0.716. The van der Waals surface area contributed by atoms with Crippen molar-refractivity contribution in [3.05, 3.63) is 12.7 Å². The predicted molar refractivity (Wildman–Crippen MR) is 71.5 cm³/mol. The normalized spacial score (nSPS) is 12.7. The number of rotatable bonds is 6. The van der Waals surface area contributed by atoms with Crippen LogP contribution < -0.4 is 5.32 Å². The number of carbonyl (C=O) groups excluding carboxylic acids is 1. The number of aliphatic carboxylic acids is 1. The van der Waals surface area contributed by atoms with E-state index in [2.05, 4.69) is 11.9 Å². The van der Waals surface area contributed by atoms with Crippen LogP contribution in [-0.2, 0) is 4.79 Å². The molecule has 2 amide bonds. The van der Waals surface area contributed by atoms with Gasteiger partial charge in [0.2, 0.25) is 0 Å². The van der Waals surface area contributed by atoms with E-state index in [0.717, 1.165) is 0 Å². The smallest absolute Gasteiger partial charge is 0.318 e. The van der Waals surface area contributed by atoms with Gasteiger partial charge in [0.1, 0.15) is 0 Å². The number of hydrogen-bond donors (Lipinski definition) is 2. The summed E-state index contributed by atoms with van der Waals surface area (Å²) in [5, 5.41) is 11.4. The van der Waals surface area contributed by atoms with E-state index in [0.29, 0.717) is 13.0 Å². The SMILES string of the molecule is C=CCN(C(=O)NC(C)CCC(=O)O)C(C)(C)C. The highest BCUT2D eigenvalue weighted by Gasteiger charge is 2.26. The summed E-state index contributed by atoms with van der Waals surface area (Å²) < 4.78 is 0. The lowest BCUT2D eigenvalue weighted by Crippen LogP contribution is -2.52. The van der Waals surface area contributed by atoms with Crippen LogP contribution in [0.4, 0.5) is 4.79 Å². The molecule has 5 nitrogen and oxygen atoms in total. The Morgan fingerprint density at radius 3 is 2.39 bits per heavy atom. The molecule has 0 aromatic carbocycles. The Kier molecular flexibility index (Phi) is 6.44. The standard InChI is InChI=1S/C13H24N2O3/c1-6-9-15(13(3,4)5)12(18)14-10(2)7-8-11(16)17/h6,10H,1,7-9H2,2-5H3,(H,14,18)(H,16,17). The van der Waals surface area contributed by atoms with Gasteiger partial charge in [0, 0.05) is 24.5 Å². The molecule has 0 saturated carbocycles. The van der Waals surface area contributed by atoms with Crippen LogP contribution in [-0.4, -0.2) is 40.1 Å². The molecule has 1 atom stereocenters. The van der Waals surface area contributed by atoms with Crippen molar-refractivity contribution in [3.8, 4) is 0 Å². The number of urea groups is 1. The Balaban J connectivity index is 4.42. The summed E-state index contributed by atoms with van der Waals surface area (Å²) in [5.74, 6) is -0.852. The number of amides is 2. The zero-order valence-electron chi connectivity index (χ0n) is 11.7. The molecular weight excluding hydrogens is 232 g/mol.